The van der Waals surface area contributed by atoms with Gasteiger partial charge in [-0.2, -0.15) is 0 Å². The van der Waals surface area contributed by atoms with Gasteiger partial charge in [-0.15, -0.1) is 0 Å². The van der Waals surface area contributed by atoms with E-state index >= 15 is 0 Å². The van der Waals surface area contributed by atoms with E-state index in [0.717, 1.165) is 5.69 Å². The summed E-state index contributed by atoms with van der Waals surface area (Å²) >= 11 is 0. The molecule has 4 nitrogen and oxygen atoms in total. The van der Waals surface area contributed by atoms with Gasteiger partial charge in [0.05, 0.1) is 4.75 Å². The molecular formula is C11H16N2O2S. The van der Waals surface area contributed by atoms with Gasteiger partial charge in [0.1, 0.15) is 16.7 Å². The van der Waals surface area contributed by atoms with Gasteiger partial charge in [-0.05, 0) is 39.8 Å². The quantitative estimate of drug-likeness (QED) is 0.854. The molecule has 1 atom stereocenters. The van der Waals surface area contributed by atoms with Crippen LogP contribution in [0.2, 0.25) is 0 Å². The van der Waals surface area contributed by atoms with E-state index in [1.807, 2.05) is 0 Å². The lowest BCUT2D eigenvalue weighted by Crippen LogP contribution is -2.37. The smallest absolute Gasteiger partial charge is 0.269 e. The molecule has 1 aromatic heterocycles. The van der Waals surface area contributed by atoms with Crippen LogP contribution in [0.15, 0.2) is 18.2 Å². The molecule has 0 fully saturated rings. The average Bonchev–Trinajstić information content (AvgIpc) is 2.16. The highest BCUT2D eigenvalue weighted by Gasteiger charge is 2.22. The van der Waals surface area contributed by atoms with Crippen molar-refractivity contribution in [2.45, 2.75) is 32.4 Å². The minimum absolute atomic E-state index is 0.289. The van der Waals surface area contributed by atoms with Crippen LogP contribution >= 0.6 is 0 Å². The number of amides is 1. The molecule has 0 bridgehead atoms. The highest BCUT2D eigenvalue weighted by atomic mass is 32.2. The van der Waals surface area contributed by atoms with Crippen LogP contribution in [0.25, 0.3) is 0 Å². The molecule has 0 spiro atoms. The third-order valence-electron chi connectivity index (χ3n) is 1.86. The lowest BCUT2D eigenvalue weighted by molar-refractivity contribution is 0.0977. The van der Waals surface area contributed by atoms with Crippen molar-refractivity contribution in [1.29, 1.82) is 0 Å². The summed E-state index contributed by atoms with van der Waals surface area (Å²) in [5.74, 6) is -0.406. The maximum absolute atomic E-state index is 11.7. The van der Waals surface area contributed by atoms with Crippen LogP contribution < -0.4 is 4.72 Å². The van der Waals surface area contributed by atoms with Crippen molar-refractivity contribution in [3.63, 3.8) is 0 Å². The average molecular weight is 240 g/mol. The Hall–Kier alpha value is -1.23. The first-order chi connectivity index (χ1) is 7.30. The first-order valence-corrected chi connectivity index (χ1v) is 6.12. The van der Waals surface area contributed by atoms with Gasteiger partial charge in [-0.25, -0.2) is 9.19 Å². The number of rotatable bonds is 2. The summed E-state index contributed by atoms with van der Waals surface area (Å²) in [4.78, 5) is 15.7. The van der Waals surface area contributed by atoms with Crippen molar-refractivity contribution in [2.75, 3.05) is 0 Å². The third kappa shape index (κ3) is 3.41. The second-order valence-electron chi connectivity index (χ2n) is 4.48. The van der Waals surface area contributed by atoms with Crippen molar-refractivity contribution in [2.24, 2.45) is 0 Å². The Morgan fingerprint density at radius 1 is 1.38 bits per heavy atom. The van der Waals surface area contributed by atoms with E-state index < -0.39 is 21.6 Å². The molecule has 1 N–H and O–H groups in total. The molecule has 0 unspecified atom stereocenters. The summed E-state index contributed by atoms with van der Waals surface area (Å²) in [6.07, 6.45) is 0. The monoisotopic (exact) mass is 240 g/mol. The minimum Gasteiger partial charge on any atom is -0.269 e. The number of hydrogen-bond acceptors (Lipinski definition) is 3. The molecule has 1 heterocycles. The molecule has 16 heavy (non-hydrogen) atoms. The zero-order valence-corrected chi connectivity index (χ0v) is 10.7. The number of hydrogen-bond donors (Lipinski definition) is 1. The molecule has 5 heteroatoms. The second kappa shape index (κ2) is 4.74. The summed E-state index contributed by atoms with van der Waals surface area (Å²) in [7, 11) is -1.41. The third-order valence-corrected chi connectivity index (χ3v) is 3.35. The fourth-order valence-corrected chi connectivity index (χ4v) is 1.54. The van der Waals surface area contributed by atoms with E-state index in [2.05, 4.69) is 9.71 Å². The van der Waals surface area contributed by atoms with Gasteiger partial charge in [0.15, 0.2) is 0 Å². The molecule has 0 aliphatic rings. The van der Waals surface area contributed by atoms with Gasteiger partial charge in [-0.1, -0.05) is 6.07 Å². The van der Waals surface area contributed by atoms with Crippen LogP contribution in [0.5, 0.6) is 0 Å². The Balaban J connectivity index is 2.78. The fourth-order valence-electron chi connectivity index (χ4n) is 0.959. The van der Waals surface area contributed by atoms with Crippen LogP contribution in [-0.2, 0) is 11.0 Å². The maximum atomic E-state index is 11.7. The normalized spacial score (nSPS) is 13.2. The fraction of sp³-hybridized carbons (Fsp3) is 0.455. The Kier molecular flexibility index (Phi) is 3.80. The predicted octanol–water partition coefficient (Wildman–Crippen LogP) is 1.58. The molecule has 0 saturated carbocycles. The predicted molar refractivity (Wildman–Crippen MR) is 64.3 cm³/mol. The van der Waals surface area contributed by atoms with Crippen molar-refractivity contribution in [3.8, 4) is 0 Å². The van der Waals surface area contributed by atoms with Gasteiger partial charge in [0.25, 0.3) is 5.91 Å². The number of carbonyl (C=O) groups excluding carboxylic acids is 1. The lowest BCUT2D eigenvalue weighted by Gasteiger charge is -2.17. The number of aryl methyl sites for hydroxylation is 1. The van der Waals surface area contributed by atoms with Crippen LogP contribution in [0.1, 0.15) is 37.0 Å². The van der Waals surface area contributed by atoms with Gasteiger partial charge in [-0.3, -0.25) is 9.52 Å². The molecular weight excluding hydrogens is 224 g/mol. The molecule has 0 aliphatic heterocycles. The largest absolute Gasteiger partial charge is 0.281 e. The standard InChI is InChI=1S/C11H16N2O2S/c1-8-6-5-7-9(12-8)10(14)13-16(15)11(2,3)4/h5-7H,1-4H3,(H,13,14)/t16-/m1/s1. The zero-order chi connectivity index (χ0) is 12.3. The summed E-state index contributed by atoms with van der Waals surface area (Å²) in [5, 5.41) is 0. The van der Waals surface area contributed by atoms with Gasteiger partial charge >= 0.3 is 0 Å². The second-order valence-corrected chi connectivity index (χ2v) is 6.44. The van der Waals surface area contributed by atoms with Gasteiger partial charge in [0.2, 0.25) is 0 Å². The SMILES string of the molecule is Cc1cccc(C(=O)N[S@](=O)C(C)(C)C)n1. The summed E-state index contributed by atoms with van der Waals surface area (Å²) < 4.78 is 13.6. The minimum atomic E-state index is -1.41. The molecule has 0 saturated heterocycles. The van der Waals surface area contributed by atoms with Crippen molar-refractivity contribution in [1.82, 2.24) is 9.71 Å². The van der Waals surface area contributed by atoms with Crippen LogP contribution in [0.4, 0.5) is 0 Å². The maximum Gasteiger partial charge on any atom is 0.281 e. The van der Waals surface area contributed by atoms with E-state index in [1.165, 1.54) is 0 Å². The van der Waals surface area contributed by atoms with Crippen LogP contribution in [-0.4, -0.2) is 19.8 Å². The topological polar surface area (TPSA) is 59.1 Å². The van der Waals surface area contributed by atoms with E-state index in [-0.39, 0.29) is 5.69 Å². The van der Waals surface area contributed by atoms with E-state index in [1.54, 1.807) is 45.9 Å². The first kappa shape index (κ1) is 12.8. The Morgan fingerprint density at radius 3 is 2.50 bits per heavy atom. The first-order valence-electron chi connectivity index (χ1n) is 4.97. The highest BCUT2D eigenvalue weighted by molar-refractivity contribution is 7.85. The lowest BCUT2D eigenvalue weighted by atomic mass is 10.3. The van der Waals surface area contributed by atoms with E-state index in [9.17, 15) is 9.00 Å². The molecule has 88 valence electrons. The summed E-state index contributed by atoms with van der Waals surface area (Å²) in [6, 6.07) is 5.15. The number of nitrogens with zero attached hydrogens (tertiary/aromatic N) is 1. The molecule has 0 radical (unpaired) electrons. The Morgan fingerprint density at radius 2 is 2.00 bits per heavy atom. The highest BCUT2D eigenvalue weighted by Crippen LogP contribution is 2.09. The van der Waals surface area contributed by atoms with Gasteiger partial charge in [0, 0.05) is 5.69 Å². The Labute approximate surface area is 98.1 Å². The molecule has 1 rings (SSSR count). The van der Waals surface area contributed by atoms with Gasteiger partial charge < -0.3 is 0 Å². The molecule has 0 aliphatic carbocycles. The van der Waals surface area contributed by atoms with E-state index in [0.29, 0.717) is 0 Å². The molecule has 0 aromatic carbocycles. The molecule has 1 amide bonds. The van der Waals surface area contributed by atoms with Crippen LogP contribution in [0, 0.1) is 6.92 Å². The van der Waals surface area contributed by atoms with E-state index in [4.69, 9.17) is 0 Å². The molecule has 1 aromatic rings. The van der Waals surface area contributed by atoms with Crippen molar-refractivity contribution < 1.29 is 9.00 Å². The Bertz CT molecular complexity index is 424. The van der Waals surface area contributed by atoms with Crippen molar-refractivity contribution in [3.05, 3.63) is 29.6 Å². The summed E-state index contributed by atoms with van der Waals surface area (Å²) in [6.45, 7) is 7.20. The number of nitrogens with one attached hydrogen (secondary N) is 1. The zero-order valence-electron chi connectivity index (χ0n) is 9.90. The van der Waals surface area contributed by atoms with Crippen LogP contribution in [0.3, 0.4) is 0 Å². The number of pyridine rings is 1. The number of carbonyl (C=O) groups is 1. The number of aromatic nitrogens is 1. The summed E-state index contributed by atoms with van der Waals surface area (Å²) in [5.41, 5.74) is 1.05. The van der Waals surface area contributed by atoms with Crippen molar-refractivity contribution >= 4 is 16.9 Å².